The quantitative estimate of drug-likeness (QED) is 0.460. The Kier molecular flexibility index (Phi) is 5.29. The fourth-order valence-electron chi connectivity index (χ4n) is 3.34. The number of halogens is 3. The number of aromatic nitrogens is 5. The molecule has 8 nitrogen and oxygen atoms in total. The van der Waals surface area contributed by atoms with Gasteiger partial charge in [-0.1, -0.05) is 22.0 Å². The van der Waals surface area contributed by atoms with E-state index in [1.54, 1.807) is 42.1 Å². The van der Waals surface area contributed by atoms with E-state index >= 15 is 0 Å². The maximum Gasteiger partial charge on any atom is 0.387 e. The highest BCUT2D eigenvalue weighted by molar-refractivity contribution is 9.10. The molecule has 30 heavy (non-hydrogen) atoms. The SMILES string of the molecule is Cn1c(=O)c2ccc(Br)cc2n1Cc1cc(Cn2cn[nH]c2=O)ccc1OC(F)F. The maximum absolute atomic E-state index is 12.9. The van der Waals surface area contributed by atoms with E-state index in [0.717, 1.165) is 4.47 Å². The Labute approximate surface area is 176 Å². The molecular weight excluding hydrogens is 464 g/mol. The summed E-state index contributed by atoms with van der Waals surface area (Å²) in [5, 5.41) is 6.49. The standard InChI is InChI=1S/C19H16BrF2N5O3/c1-25-17(28)14-4-3-13(20)7-15(14)27(25)9-12-6-11(2-5-16(12)30-18(21)22)8-26-10-23-24-19(26)29/h2-7,10,18H,8-9H2,1H3,(H,24,29). The molecule has 2 heterocycles. The Balaban J connectivity index is 1.79. The minimum absolute atomic E-state index is 0.00223. The van der Waals surface area contributed by atoms with E-state index in [1.165, 1.54) is 21.6 Å². The van der Waals surface area contributed by atoms with Crippen LogP contribution in [0.2, 0.25) is 0 Å². The van der Waals surface area contributed by atoms with E-state index in [4.69, 9.17) is 0 Å². The number of nitrogens with one attached hydrogen (secondary N) is 1. The summed E-state index contributed by atoms with van der Waals surface area (Å²) in [5.41, 5.74) is 1.20. The summed E-state index contributed by atoms with van der Waals surface area (Å²) in [6, 6.07) is 9.97. The molecule has 0 aliphatic carbocycles. The number of fused-ring (bicyclic) bond motifs is 1. The Morgan fingerprint density at radius 1 is 1.17 bits per heavy atom. The molecule has 4 rings (SSSR count). The van der Waals surface area contributed by atoms with Gasteiger partial charge in [-0.15, -0.1) is 0 Å². The minimum atomic E-state index is -2.99. The summed E-state index contributed by atoms with van der Waals surface area (Å²) in [6.45, 7) is -2.68. The summed E-state index contributed by atoms with van der Waals surface area (Å²) < 4.78 is 35.8. The molecule has 0 saturated carbocycles. The van der Waals surface area contributed by atoms with Crippen molar-refractivity contribution in [2.24, 2.45) is 7.05 Å². The molecule has 0 atom stereocenters. The van der Waals surface area contributed by atoms with Gasteiger partial charge in [0.1, 0.15) is 12.1 Å². The predicted octanol–water partition coefficient (Wildman–Crippen LogP) is 2.69. The first kappa shape index (κ1) is 20.1. The Morgan fingerprint density at radius 3 is 2.67 bits per heavy atom. The first-order chi connectivity index (χ1) is 14.3. The molecule has 0 aliphatic heterocycles. The zero-order valence-electron chi connectivity index (χ0n) is 15.7. The molecule has 0 saturated heterocycles. The predicted molar refractivity (Wildman–Crippen MR) is 109 cm³/mol. The second kappa shape index (κ2) is 7.90. The van der Waals surface area contributed by atoms with Crippen molar-refractivity contribution >= 4 is 26.8 Å². The van der Waals surface area contributed by atoms with Crippen molar-refractivity contribution in [3.05, 3.63) is 79.2 Å². The van der Waals surface area contributed by atoms with Gasteiger partial charge < -0.3 is 4.74 Å². The number of H-pyrrole nitrogens is 1. The molecular formula is C19H16BrF2N5O3. The molecule has 156 valence electrons. The van der Waals surface area contributed by atoms with Gasteiger partial charge in [-0.3, -0.25) is 18.7 Å². The third-order valence-electron chi connectivity index (χ3n) is 4.76. The number of hydrogen-bond acceptors (Lipinski definition) is 4. The summed E-state index contributed by atoms with van der Waals surface area (Å²) in [4.78, 5) is 24.3. The molecule has 0 amide bonds. The summed E-state index contributed by atoms with van der Waals surface area (Å²) in [5.74, 6) is -0.00223. The van der Waals surface area contributed by atoms with Crippen LogP contribution < -0.4 is 16.0 Å². The van der Waals surface area contributed by atoms with Crippen molar-refractivity contribution in [3.8, 4) is 5.75 Å². The maximum atomic E-state index is 12.9. The third kappa shape index (κ3) is 3.80. The third-order valence-corrected chi connectivity index (χ3v) is 5.25. The fourth-order valence-corrected chi connectivity index (χ4v) is 3.69. The van der Waals surface area contributed by atoms with Gasteiger partial charge in [0.2, 0.25) is 0 Å². The molecule has 0 bridgehead atoms. The van der Waals surface area contributed by atoms with Crippen molar-refractivity contribution in [2.45, 2.75) is 19.7 Å². The largest absolute Gasteiger partial charge is 0.434 e. The van der Waals surface area contributed by atoms with Gasteiger partial charge >= 0.3 is 12.3 Å². The van der Waals surface area contributed by atoms with Gasteiger partial charge in [0, 0.05) is 17.1 Å². The van der Waals surface area contributed by atoms with E-state index in [-0.39, 0.29) is 30.1 Å². The topological polar surface area (TPSA) is 86.8 Å². The Hall–Kier alpha value is -3.21. The molecule has 0 spiro atoms. The molecule has 0 unspecified atom stereocenters. The number of alkyl halides is 2. The second-order valence-corrected chi connectivity index (χ2v) is 7.57. The van der Waals surface area contributed by atoms with Gasteiger partial charge in [-0.05, 0) is 35.9 Å². The summed E-state index contributed by atoms with van der Waals surface area (Å²) in [6.07, 6.45) is 1.35. The molecule has 0 fully saturated rings. The van der Waals surface area contributed by atoms with Gasteiger partial charge in [0.05, 0.1) is 24.0 Å². The van der Waals surface area contributed by atoms with E-state index in [2.05, 4.69) is 30.9 Å². The van der Waals surface area contributed by atoms with Crippen molar-refractivity contribution in [1.29, 1.82) is 0 Å². The van der Waals surface area contributed by atoms with E-state index < -0.39 is 6.61 Å². The first-order valence-corrected chi connectivity index (χ1v) is 9.64. The number of hydrogen-bond donors (Lipinski definition) is 1. The van der Waals surface area contributed by atoms with Crippen molar-refractivity contribution < 1.29 is 13.5 Å². The molecule has 4 aromatic rings. The van der Waals surface area contributed by atoms with E-state index in [0.29, 0.717) is 22.0 Å². The van der Waals surface area contributed by atoms with Crippen LogP contribution in [-0.4, -0.2) is 30.7 Å². The second-order valence-electron chi connectivity index (χ2n) is 6.66. The van der Waals surface area contributed by atoms with Crippen molar-refractivity contribution in [2.75, 3.05) is 0 Å². The lowest BCUT2D eigenvalue weighted by Gasteiger charge is -2.15. The molecule has 1 N–H and O–H groups in total. The highest BCUT2D eigenvalue weighted by Crippen LogP contribution is 2.26. The average molecular weight is 480 g/mol. The van der Waals surface area contributed by atoms with Gasteiger partial charge in [0.15, 0.2) is 0 Å². The number of nitrogens with zero attached hydrogens (tertiary/aromatic N) is 4. The minimum Gasteiger partial charge on any atom is -0.434 e. The normalized spacial score (nSPS) is 11.5. The van der Waals surface area contributed by atoms with Crippen LogP contribution in [-0.2, 0) is 20.1 Å². The summed E-state index contributed by atoms with van der Waals surface area (Å²) >= 11 is 3.39. The fraction of sp³-hybridized carbons (Fsp3) is 0.211. The van der Waals surface area contributed by atoms with Gasteiger partial charge in [0.25, 0.3) is 5.56 Å². The number of aromatic amines is 1. The van der Waals surface area contributed by atoms with Crippen molar-refractivity contribution in [1.82, 2.24) is 24.1 Å². The van der Waals surface area contributed by atoms with Crippen LogP contribution in [0.3, 0.4) is 0 Å². The number of ether oxygens (including phenoxy) is 1. The molecule has 0 aliphatic rings. The van der Waals surface area contributed by atoms with Crippen LogP contribution in [0.5, 0.6) is 5.75 Å². The number of benzene rings is 2. The smallest absolute Gasteiger partial charge is 0.387 e. The zero-order chi connectivity index (χ0) is 21.4. The van der Waals surface area contributed by atoms with Crippen LogP contribution in [0.4, 0.5) is 8.78 Å². The zero-order valence-corrected chi connectivity index (χ0v) is 17.3. The highest BCUT2D eigenvalue weighted by Gasteiger charge is 2.16. The van der Waals surface area contributed by atoms with E-state index in [1.807, 2.05) is 0 Å². The van der Waals surface area contributed by atoms with Crippen LogP contribution in [0.15, 0.2) is 56.8 Å². The van der Waals surface area contributed by atoms with Gasteiger partial charge in [-0.25, -0.2) is 9.89 Å². The van der Waals surface area contributed by atoms with Crippen LogP contribution in [0.1, 0.15) is 11.1 Å². The monoisotopic (exact) mass is 479 g/mol. The Bertz CT molecular complexity index is 1340. The number of rotatable bonds is 6. The molecule has 2 aromatic heterocycles. The van der Waals surface area contributed by atoms with E-state index in [9.17, 15) is 18.4 Å². The summed E-state index contributed by atoms with van der Waals surface area (Å²) in [7, 11) is 1.61. The van der Waals surface area contributed by atoms with Crippen molar-refractivity contribution in [3.63, 3.8) is 0 Å². The average Bonchev–Trinajstić information content (AvgIpc) is 3.19. The molecule has 11 heteroatoms. The molecule has 2 aromatic carbocycles. The van der Waals surface area contributed by atoms with Crippen LogP contribution in [0.25, 0.3) is 10.9 Å². The van der Waals surface area contributed by atoms with Crippen LogP contribution in [0, 0.1) is 0 Å². The lowest BCUT2D eigenvalue weighted by Crippen LogP contribution is -2.20. The van der Waals surface area contributed by atoms with Crippen LogP contribution >= 0.6 is 15.9 Å². The Morgan fingerprint density at radius 2 is 1.97 bits per heavy atom. The van der Waals surface area contributed by atoms with Gasteiger partial charge in [-0.2, -0.15) is 13.9 Å². The molecule has 0 radical (unpaired) electrons. The lowest BCUT2D eigenvalue weighted by molar-refractivity contribution is -0.0505. The first-order valence-electron chi connectivity index (χ1n) is 8.85. The highest BCUT2D eigenvalue weighted by atomic mass is 79.9. The lowest BCUT2D eigenvalue weighted by atomic mass is 10.1.